The Morgan fingerprint density at radius 2 is 2.11 bits per heavy atom. The van der Waals surface area contributed by atoms with Crippen LogP contribution in [0.3, 0.4) is 0 Å². The van der Waals surface area contributed by atoms with Gasteiger partial charge in [-0.1, -0.05) is 23.7 Å². The molecule has 0 fully saturated rings. The van der Waals surface area contributed by atoms with Gasteiger partial charge in [-0.15, -0.1) is 6.58 Å². The van der Waals surface area contributed by atoms with E-state index < -0.39 is 0 Å². The first-order chi connectivity index (χ1) is 9.17. The van der Waals surface area contributed by atoms with Gasteiger partial charge in [-0.25, -0.2) is 0 Å². The molecule has 0 spiro atoms. The normalized spacial score (nSPS) is 10.6. The van der Waals surface area contributed by atoms with Crippen molar-refractivity contribution in [3.8, 4) is 11.5 Å². The van der Waals surface area contributed by atoms with Gasteiger partial charge in [0.15, 0.2) is 11.5 Å². The van der Waals surface area contributed by atoms with Crippen molar-refractivity contribution in [1.82, 2.24) is 4.90 Å². The van der Waals surface area contributed by atoms with Crippen molar-refractivity contribution < 1.29 is 14.6 Å². The van der Waals surface area contributed by atoms with E-state index >= 15 is 0 Å². The predicted molar refractivity (Wildman–Crippen MR) is 77.1 cm³/mol. The van der Waals surface area contributed by atoms with Crippen LogP contribution in [0.2, 0.25) is 5.02 Å². The SMILES string of the molecule is C=CCN(CCO)Cc1ccc(OC)c(OC)c1Cl. The van der Waals surface area contributed by atoms with Gasteiger partial charge in [0.2, 0.25) is 0 Å². The maximum atomic E-state index is 9.04. The van der Waals surface area contributed by atoms with E-state index in [-0.39, 0.29) is 6.61 Å². The molecule has 106 valence electrons. The molecule has 1 aromatic rings. The van der Waals surface area contributed by atoms with Gasteiger partial charge in [-0.2, -0.15) is 0 Å². The molecule has 5 heteroatoms. The summed E-state index contributed by atoms with van der Waals surface area (Å²) < 4.78 is 10.5. The van der Waals surface area contributed by atoms with E-state index in [4.69, 9.17) is 26.2 Å². The third kappa shape index (κ3) is 4.13. The molecule has 0 radical (unpaired) electrons. The van der Waals surface area contributed by atoms with Crippen LogP contribution in [0, 0.1) is 0 Å². The molecule has 0 atom stereocenters. The highest BCUT2D eigenvalue weighted by molar-refractivity contribution is 6.33. The number of rotatable bonds is 8. The summed E-state index contributed by atoms with van der Waals surface area (Å²) in [4.78, 5) is 2.04. The maximum Gasteiger partial charge on any atom is 0.179 e. The van der Waals surface area contributed by atoms with E-state index in [1.54, 1.807) is 20.3 Å². The van der Waals surface area contributed by atoms with Gasteiger partial charge in [0.05, 0.1) is 25.8 Å². The van der Waals surface area contributed by atoms with Crippen LogP contribution in [-0.4, -0.2) is 43.9 Å². The molecular formula is C14H20ClNO3. The van der Waals surface area contributed by atoms with Crippen LogP contribution in [-0.2, 0) is 6.54 Å². The van der Waals surface area contributed by atoms with E-state index in [0.717, 1.165) is 5.56 Å². The Morgan fingerprint density at radius 3 is 2.63 bits per heavy atom. The van der Waals surface area contributed by atoms with Gasteiger partial charge in [-0.05, 0) is 11.6 Å². The Kier molecular flexibility index (Phi) is 6.70. The Hall–Kier alpha value is -1.23. The number of methoxy groups -OCH3 is 2. The lowest BCUT2D eigenvalue weighted by Gasteiger charge is -2.21. The Labute approximate surface area is 119 Å². The second-order valence-corrected chi connectivity index (χ2v) is 4.40. The van der Waals surface area contributed by atoms with Gasteiger partial charge in [-0.3, -0.25) is 4.90 Å². The molecule has 0 aliphatic carbocycles. The first-order valence-electron chi connectivity index (χ1n) is 6.01. The van der Waals surface area contributed by atoms with Crippen LogP contribution in [0.15, 0.2) is 24.8 Å². The zero-order valence-corrected chi connectivity index (χ0v) is 12.1. The fraction of sp³-hybridized carbons (Fsp3) is 0.429. The molecule has 0 saturated carbocycles. The van der Waals surface area contributed by atoms with Crippen LogP contribution in [0.4, 0.5) is 0 Å². The zero-order chi connectivity index (χ0) is 14.3. The summed E-state index contributed by atoms with van der Waals surface area (Å²) in [6.07, 6.45) is 1.80. The van der Waals surface area contributed by atoms with Crippen LogP contribution in [0.1, 0.15) is 5.56 Å². The first kappa shape index (κ1) is 15.8. The van der Waals surface area contributed by atoms with Crippen molar-refractivity contribution in [2.75, 3.05) is 33.9 Å². The summed E-state index contributed by atoms with van der Waals surface area (Å²) >= 11 is 6.32. The quantitative estimate of drug-likeness (QED) is 0.745. The number of hydrogen-bond donors (Lipinski definition) is 1. The third-order valence-corrected chi connectivity index (χ3v) is 3.18. The molecule has 0 bridgehead atoms. The number of hydrogen-bond acceptors (Lipinski definition) is 4. The Morgan fingerprint density at radius 1 is 1.37 bits per heavy atom. The summed E-state index contributed by atoms with van der Waals surface area (Å²) in [7, 11) is 3.13. The van der Waals surface area contributed by atoms with Crippen molar-refractivity contribution >= 4 is 11.6 Å². The summed E-state index contributed by atoms with van der Waals surface area (Å²) in [6, 6.07) is 3.72. The highest BCUT2D eigenvalue weighted by Gasteiger charge is 2.14. The van der Waals surface area contributed by atoms with Crippen LogP contribution in [0.5, 0.6) is 11.5 Å². The molecule has 0 saturated heterocycles. The third-order valence-electron chi connectivity index (χ3n) is 2.76. The largest absolute Gasteiger partial charge is 0.493 e. The molecule has 4 nitrogen and oxygen atoms in total. The highest BCUT2D eigenvalue weighted by atomic mass is 35.5. The number of aliphatic hydroxyl groups is 1. The van der Waals surface area contributed by atoms with Crippen molar-refractivity contribution in [2.45, 2.75) is 6.54 Å². The molecule has 1 aromatic carbocycles. The number of aliphatic hydroxyl groups excluding tert-OH is 1. The van der Waals surface area contributed by atoms with E-state index in [9.17, 15) is 0 Å². The fourth-order valence-corrected chi connectivity index (χ4v) is 2.15. The van der Waals surface area contributed by atoms with E-state index in [2.05, 4.69) is 6.58 Å². The maximum absolute atomic E-state index is 9.04. The average Bonchev–Trinajstić information content (AvgIpc) is 2.41. The van der Waals surface area contributed by atoms with Crippen molar-refractivity contribution in [2.24, 2.45) is 0 Å². The lowest BCUT2D eigenvalue weighted by atomic mass is 10.1. The Balaban J connectivity index is 2.96. The van der Waals surface area contributed by atoms with Gasteiger partial charge < -0.3 is 14.6 Å². The van der Waals surface area contributed by atoms with Crippen molar-refractivity contribution in [3.63, 3.8) is 0 Å². The second kappa shape index (κ2) is 8.04. The van der Waals surface area contributed by atoms with Crippen molar-refractivity contribution in [3.05, 3.63) is 35.4 Å². The van der Waals surface area contributed by atoms with E-state index in [1.807, 2.05) is 17.0 Å². The van der Waals surface area contributed by atoms with Crippen LogP contribution >= 0.6 is 11.6 Å². The fourth-order valence-electron chi connectivity index (χ4n) is 1.85. The van der Waals surface area contributed by atoms with Gasteiger partial charge >= 0.3 is 0 Å². The number of benzene rings is 1. The molecule has 0 amide bonds. The molecule has 0 aliphatic rings. The summed E-state index contributed by atoms with van der Waals surface area (Å²) in [5.41, 5.74) is 0.926. The first-order valence-corrected chi connectivity index (χ1v) is 6.39. The average molecular weight is 286 g/mol. The van der Waals surface area contributed by atoms with Gasteiger partial charge in [0, 0.05) is 19.6 Å². The molecule has 19 heavy (non-hydrogen) atoms. The zero-order valence-electron chi connectivity index (χ0n) is 11.4. The van der Waals surface area contributed by atoms with Gasteiger partial charge in [0.25, 0.3) is 0 Å². The lowest BCUT2D eigenvalue weighted by molar-refractivity contribution is 0.203. The van der Waals surface area contributed by atoms with Gasteiger partial charge in [0.1, 0.15) is 0 Å². The summed E-state index contributed by atoms with van der Waals surface area (Å²) in [5.74, 6) is 1.14. The molecule has 0 aromatic heterocycles. The predicted octanol–water partition coefficient (Wildman–Crippen LogP) is 2.34. The monoisotopic (exact) mass is 285 g/mol. The van der Waals surface area contributed by atoms with Crippen LogP contribution in [0.25, 0.3) is 0 Å². The molecule has 1 N–H and O–H groups in total. The van der Waals surface area contributed by atoms with Crippen molar-refractivity contribution in [1.29, 1.82) is 0 Å². The van der Waals surface area contributed by atoms with Crippen LogP contribution < -0.4 is 9.47 Å². The second-order valence-electron chi connectivity index (χ2n) is 4.02. The molecule has 0 unspecified atom stereocenters. The summed E-state index contributed by atoms with van der Waals surface area (Å²) in [5, 5.41) is 9.58. The highest BCUT2D eigenvalue weighted by Crippen LogP contribution is 2.37. The molecular weight excluding hydrogens is 266 g/mol. The minimum absolute atomic E-state index is 0.0960. The molecule has 1 rings (SSSR count). The topological polar surface area (TPSA) is 41.9 Å². The number of halogens is 1. The van der Waals surface area contributed by atoms with E-state index in [0.29, 0.717) is 36.2 Å². The minimum Gasteiger partial charge on any atom is -0.493 e. The summed E-state index contributed by atoms with van der Waals surface area (Å²) in [6.45, 7) is 5.67. The lowest BCUT2D eigenvalue weighted by Crippen LogP contribution is -2.26. The number of nitrogens with zero attached hydrogens (tertiary/aromatic N) is 1. The molecule has 0 heterocycles. The smallest absolute Gasteiger partial charge is 0.179 e. The minimum atomic E-state index is 0.0960. The number of ether oxygens (including phenoxy) is 2. The standard InChI is InChI=1S/C14H20ClNO3/c1-4-7-16(8-9-17)10-11-5-6-12(18-2)14(19-3)13(11)15/h4-6,17H,1,7-10H2,2-3H3. The molecule has 0 aliphatic heterocycles. The van der Waals surface area contributed by atoms with E-state index in [1.165, 1.54) is 0 Å². The Bertz CT molecular complexity index is 423.